The zero-order valence-corrected chi connectivity index (χ0v) is 17.1. The topological polar surface area (TPSA) is 63.1 Å². The standard InChI is InChI=1S/C24H20ClN3O2/c1-28-21-12-11-18(27-23(29)19-9-5-6-10-20(19)25)13-17(21)14-22(28)24(30)26-15-16-7-3-2-4-8-16/h2-14H,15H2,1H3,(H,26,30)(H,27,29). The maximum atomic E-state index is 12.7. The van der Waals surface area contributed by atoms with Gasteiger partial charge in [-0.2, -0.15) is 0 Å². The molecule has 30 heavy (non-hydrogen) atoms. The summed E-state index contributed by atoms with van der Waals surface area (Å²) in [5, 5.41) is 7.07. The number of nitrogens with zero attached hydrogens (tertiary/aromatic N) is 1. The molecular weight excluding hydrogens is 398 g/mol. The molecule has 0 radical (unpaired) electrons. The third-order valence-electron chi connectivity index (χ3n) is 4.95. The molecule has 0 unspecified atom stereocenters. The number of rotatable bonds is 5. The van der Waals surface area contributed by atoms with E-state index in [2.05, 4.69) is 10.6 Å². The second-order valence-corrected chi connectivity index (χ2v) is 7.37. The number of amides is 2. The molecule has 0 aliphatic rings. The van der Waals surface area contributed by atoms with Crippen LogP contribution in [0.2, 0.25) is 5.02 Å². The van der Waals surface area contributed by atoms with Crippen molar-refractivity contribution < 1.29 is 9.59 Å². The fourth-order valence-corrected chi connectivity index (χ4v) is 3.58. The van der Waals surface area contributed by atoms with Crippen molar-refractivity contribution in [3.8, 4) is 0 Å². The Kier molecular flexibility index (Phi) is 5.55. The summed E-state index contributed by atoms with van der Waals surface area (Å²) in [5.41, 5.74) is 3.53. The van der Waals surface area contributed by atoms with Crippen molar-refractivity contribution in [2.24, 2.45) is 7.05 Å². The molecule has 1 heterocycles. The highest BCUT2D eigenvalue weighted by Gasteiger charge is 2.15. The largest absolute Gasteiger partial charge is 0.347 e. The maximum absolute atomic E-state index is 12.7. The van der Waals surface area contributed by atoms with Gasteiger partial charge in [-0.1, -0.05) is 54.1 Å². The second kappa shape index (κ2) is 8.43. The first-order valence-electron chi connectivity index (χ1n) is 9.50. The van der Waals surface area contributed by atoms with Gasteiger partial charge in [0.15, 0.2) is 0 Å². The molecule has 0 aliphatic carbocycles. The molecule has 0 saturated heterocycles. The highest BCUT2D eigenvalue weighted by molar-refractivity contribution is 6.34. The smallest absolute Gasteiger partial charge is 0.268 e. The fraction of sp³-hybridized carbons (Fsp3) is 0.0833. The minimum atomic E-state index is -0.281. The predicted molar refractivity (Wildman–Crippen MR) is 120 cm³/mol. The van der Waals surface area contributed by atoms with E-state index in [1.54, 1.807) is 24.3 Å². The van der Waals surface area contributed by atoms with Gasteiger partial charge in [0.1, 0.15) is 5.69 Å². The second-order valence-electron chi connectivity index (χ2n) is 6.96. The number of anilines is 1. The Labute approximate surface area is 179 Å². The van der Waals surface area contributed by atoms with Gasteiger partial charge in [-0.15, -0.1) is 0 Å². The van der Waals surface area contributed by atoms with E-state index in [0.29, 0.717) is 28.5 Å². The van der Waals surface area contributed by atoms with Crippen LogP contribution in [0.4, 0.5) is 5.69 Å². The quantitative estimate of drug-likeness (QED) is 0.479. The monoisotopic (exact) mass is 417 g/mol. The van der Waals surface area contributed by atoms with Gasteiger partial charge in [-0.25, -0.2) is 0 Å². The van der Waals surface area contributed by atoms with E-state index in [0.717, 1.165) is 16.5 Å². The Morgan fingerprint density at radius 2 is 1.63 bits per heavy atom. The number of halogens is 1. The molecule has 0 spiro atoms. The highest BCUT2D eigenvalue weighted by atomic mass is 35.5. The van der Waals surface area contributed by atoms with Crippen LogP contribution in [0.3, 0.4) is 0 Å². The van der Waals surface area contributed by atoms with Crippen molar-refractivity contribution in [1.29, 1.82) is 0 Å². The van der Waals surface area contributed by atoms with Crippen LogP contribution in [0, 0.1) is 0 Å². The van der Waals surface area contributed by atoms with Crippen LogP contribution in [-0.2, 0) is 13.6 Å². The SMILES string of the molecule is Cn1c(C(=O)NCc2ccccc2)cc2cc(NC(=O)c3ccccc3Cl)ccc21. The first kappa shape index (κ1) is 19.7. The Morgan fingerprint density at radius 1 is 0.900 bits per heavy atom. The van der Waals surface area contributed by atoms with Gasteiger partial charge < -0.3 is 15.2 Å². The molecule has 4 aromatic rings. The van der Waals surface area contributed by atoms with E-state index in [1.165, 1.54) is 0 Å². The summed E-state index contributed by atoms with van der Waals surface area (Å²) in [6.07, 6.45) is 0. The van der Waals surface area contributed by atoms with E-state index in [-0.39, 0.29) is 11.8 Å². The average Bonchev–Trinajstić information content (AvgIpc) is 3.09. The van der Waals surface area contributed by atoms with Crippen molar-refractivity contribution in [3.63, 3.8) is 0 Å². The van der Waals surface area contributed by atoms with E-state index < -0.39 is 0 Å². The Bertz CT molecular complexity index is 1230. The predicted octanol–water partition coefficient (Wildman–Crippen LogP) is 5.01. The molecule has 2 N–H and O–H groups in total. The van der Waals surface area contributed by atoms with E-state index in [9.17, 15) is 9.59 Å². The van der Waals surface area contributed by atoms with E-state index in [1.807, 2.05) is 66.2 Å². The molecule has 1 aromatic heterocycles. The summed E-state index contributed by atoms with van der Waals surface area (Å²) in [6.45, 7) is 0.459. The summed E-state index contributed by atoms with van der Waals surface area (Å²) in [5.74, 6) is -0.434. The van der Waals surface area contributed by atoms with Crippen molar-refractivity contribution in [2.45, 2.75) is 6.54 Å². The van der Waals surface area contributed by atoms with Gasteiger partial charge in [0.2, 0.25) is 0 Å². The molecule has 6 heteroatoms. The lowest BCUT2D eigenvalue weighted by Crippen LogP contribution is -2.24. The summed E-state index contributed by atoms with van der Waals surface area (Å²) in [6, 6.07) is 24.0. The molecule has 150 valence electrons. The van der Waals surface area contributed by atoms with Gasteiger partial charge in [0, 0.05) is 30.2 Å². The van der Waals surface area contributed by atoms with Gasteiger partial charge >= 0.3 is 0 Å². The number of aromatic nitrogens is 1. The Balaban J connectivity index is 1.53. The summed E-state index contributed by atoms with van der Waals surface area (Å²) in [4.78, 5) is 25.2. The van der Waals surface area contributed by atoms with Crippen LogP contribution in [0.1, 0.15) is 26.4 Å². The summed E-state index contributed by atoms with van der Waals surface area (Å²) >= 11 is 6.10. The Hall–Kier alpha value is -3.57. The highest BCUT2D eigenvalue weighted by Crippen LogP contribution is 2.24. The minimum absolute atomic E-state index is 0.154. The number of nitrogens with one attached hydrogen (secondary N) is 2. The van der Waals surface area contributed by atoms with Crippen molar-refractivity contribution in [1.82, 2.24) is 9.88 Å². The molecular formula is C24H20ClN3O2. The van der Waals surface area contributed by atoms with Crippen LogP contribution in [0.15, 0.2) is 78.9 Å². The number of aryl methyl sites for hydroxylation is 1. The first-order chi connectivity index (χ1) is 14.5. The normalized spacial score (nSPS) is 10.7. The zero-order valence-electron chi connectivity index (χ0n) is 16.4. The van der Waals surface area contributed by atoms with Gasteiger partial charge in [0.25, 0.3) is 11.8 Å². The van der Waals surface area contributed by atoms with Gasteiger partial charge in [-0.3, -0.25) is 9.59 Å². The molecule has 0 aliphatic heterocycles. The lowest BCUT2D eigenvalue weighted by Gasteiger charge is -2.08. The molecule has 0 bridgehead atoms. The zero-order chi connectivity index (χ0) is 21.1. The maximum Gasteiger partial charge on any atom is 0.268 e. The van der Waals surface area contributed by atoms with Crippen LogP contribution < -0.4 is 10.6 Å². The number of carbonyl (C=O) groups excluding carboxylic acids is 2. The summed E-state index contributed by atoms with van der Waals surface area (Å²) in [7, 11) is 1.85. The lowest BCUT2D eigenvalue weighted by atomic mass is 10.2. The fourth-order valence-electron chi connectivity index (χ4n) is 3.36. The third kappa shape index (κ3) is 4.07. The summed E-state index contributed by atoms with van der Waals surface area (Å²) < 4.78 is 1.84. The van der Waals surface area contributed by atoms with Crippen LogP contribution in [0.25, 0.3) is 10.9 Å². The molecule has 4 rings (SSSR count). The van der Waals surface area contributed by atoms with Crippen LogP contribution >= 0.6 is 11.6 Å². The minimum Gasteiger partial charge on any atom is -0.347 e. The van der Waals surface area contributed by atoms with Gasteiger partial charge in [0.05, 0.1) is 10.6 Å². The van der Waals surface area contributed by atoms with E-state index >= 15 is 0 Å². The van der Waals surface area contributed by atoms with Gasteiger partial charge in [-0.05, 0) is 42.0 Å². The Morgan fingerprint density at radius 3 is 2.40 bits per heavy atom. The third-order valence-corrected chi connectivity index (χ3v) is 5.28. The first-order valence-corrected chi connectivity index (χ1v) is 9.88. The van der Waals surface area contributed by atoms with Crippen LogP contribution in [0.5, 0.6) is 0 Å². The molecule has 5 nitrogen and oxygen atoms in total. The molecule has 0 fully saturated rings. The number of carbonyl (C=O) groups is 2. The van der Waals surface area contributed by atoms with Crippen molar-refractivity contribution in [2.75, 3.05) is 5.32 Å². The number of benzene rings is 3. The number of hydrogen-bond acceptors (Lipinski definition) is 2. The molecule has 0 saturated carbocycles. The molecule has 3 aromatic carbocycles. The van der Waals surface area contributed by atoms with Crippen LogP contribution in [-0.4, -0.2) is 16.4 Å². The molecule has 0 atom stereocenters. The van der Waals surface area contributed by atoms with Crippen molar-refractivity contribution in [3.05, 3.63) is 101 Å². The number of fused-ring (bicyclic) bond motifs is 1. The average molecular weight is 418 g/mol. The van der Waals surface area contributed by atoms with E-state index in [4.69, 9.17) is 11.6 Å². The molecule has 2 amide bonds. The lowest BCUT2D eigenvalue weighted by molar-refractivity contribution is 0.0942. The number of hydrogen-bond donors (Lipinski definition) is 2. The van der Waals surface area contributed by atoms with Crippen molar-refractivity contribution >= 4 is 40.0 Å².